The quantitative estimate of drug-likeness (QED) is 0.791. The van der Waals surface area contributed by atoms with Crippen LogP contribution in [-0.2, 0) is 4.79 Å². The van der Waals surface area contributed by atoms with Crippen molar-refractivity contribution >= 4 is 39.3 Å². The molecule has 1 N–H and O–H groups in total. The third-order valence-corrected chi connectivity index (χ3v) is 5.11. The topological polar surface area (TPSA) is 29.1 Å². The Morgan fingerprint density at radius 3 is 2.87 bits per heavy atom. The second-order valence-corrected chi connectivity index (χ2v) is 6.39. The van der Waals surface area contributed by atoms with Gasteiger partial charge in [0.05, 0.1) is 10.4 Å². The van der Waals surface area contributed by atoms with Gasteiger partial charge in [0.1, 0.15) is 0 Å². The van der Waals surface area contributed by atoms with Gasteiger partial charge in [0.25, 0.3) is 0 Å². The van der Waals surface area contributed by atoms with Gasteiger partial charge < -0.3 is 5.32 Å². The minimum absolute atomic E-state index is 0.159. The monoisotopic (exact) mass is 283 g/mol. The Morgan fingerprint density at radius 2 is 2.20 bits per heavy atom. The average molecular weight is 284 g/mol. The van der Waals surface area contributed by atoms with E-state index in [4.69, 9.17) is 0 Å². The van der Waals surface area contributed by atoms with Crippen LogP contribution in [0.25, 0.3) is 0 Å². The number of carbonyl (C=O) groups is 1. The van der Waals surface area contributed by atoms with E-state index in [1.165, 1.54) is 11.3 Å². The van der Waals surface area contributed by atoms with E-state index < -0.39 is 0 Å². The Bertz CT molecular complexity index is 442. The first-order valence-corrected chi connectivity index (χ1v) is 6.61. The fourth-order valence-electron chi connectivity index (χ4n) is 2.00. The molecular formula is C11H10BrNOS. The van der Waals surface area contributed by atoms with Crippen LogP contribution in [-0.4, -0.2) is 10.7 Å². The van der Waals surface area contributed by atoms with Crippen LogP contribution in [0.3, 0.4) is 0 Å². The molecule has 0 atom stereocenters. The van der Waals surface area contributed by atoms with Crippen molar-refractivity contribution in [3.05, 3.63) is 22.7 Å². The van der Waals surface area contributed by atoms with Gasteiger partial charge in [0, 0.05) is 9.37 Å². The minimum Gasteiger partial charge on any atom is -0.324 e. The maximum Gasteiger partial charge on any atom is 0.241 e. The van der Waals surface area contributed by atoms with Crippen molar-refractivity contribution < 1.29 is 4.79 Å². The number of fused-ring (bicyclic) bond motifs is 1. The first-order valence-electron chi connectivity index (χ1n) is 5.00. The Balaban J connectivity index is 2.03. The standard InChI is InChI=1S/C11H10BrNOS/c12-7-2-3-8-9(6-7)15-11(4-1-5-11)10(14)13-8/h2-3,6H,1,4-5H2,(H,13,14). The normalized spacial score (nSPS) is 21.8. The summed E-state index contributed by atoms with van der Waals surface area (Å²) in [6.45, 7) is 0. The second-order valence-electron chi connectivity index (χ2n) is 4.04. The fraction of sp³-hybridized carbons (Fsp3) is 0.364. The molecule has 0 unspecified atom stereocenters. The molecule has 1 heterocycles. The zero-order chi connectivity index (χ0) is 10.5. The molecule has 1 aromatic carbocycles. The summed E-state index contributed by atoms with van der Waals surface area (Å²) in [6, 6.07) is 5.99. The van der Waals surface area contributed by atoms with E-state index in [1.54, 1.807) is 11.8 Å². The molecule has 1 aliphatic heterocycles. The lowest BCUT2D eigenvalue weighted by Gasteiger charge is -2.42. The van der Waals surface area contributed by atoms with Crippen molar-refractivity contribution in [2.75, 3.05) is 5.32 Å². The minimum atomic E-state index is -0.159. The summed E-state index contributed by atoms with van der Waals surface area (Å²) >= 11 is 5.18. The molecule has 1 fully saturated rings. The maximum atomic E-state index is 11.9. The van der Waals surface area contributed by atoms with Gasteiger partial charge in [-0.15, -0.1) is 11.8 Å². The largest absolute Gasteiger partial charge is 0.324 e. The van der Waals surface area contributed by atoms with Crippen molar-refractivity contribution in [2.24, 2.45) is 0 Å². The summed E-state index contributed by atoms with van der Waals surface area (Å²) in [4.78, 5) is 13.1. The molecule has 0 bridgehead atoms. The SMILES string of the molecule is O=C1Nc2ccc(Br)cc2SC12CCC2. The second kappa shape index (κ2) is 3.25. The van der Waals surface area contributed by atoms with Crippen LogP contribution in [0.15, 0.2) is 27.6 Å². The molecule has 4 heteroatoms. The van der Waals surface area contributed by atoms with E-state index in [-0.39, 0.29) is 10.7 Å². The van der Waals surface area contributed by atoms with Crippen molar-refractivity contribution in [3.8, 4) is 0 Å². The molecule has 1 amide bonds. The molecule has 15 heavy (non-hydrogen) atoms. The van der Waals surface area contributed by atoms with Crippen LogP contribution in [0, 0.1) is 0 Å². The van der Waals surface area contributed by atoms with Gasteiger partial charge in [-0.2, -0.15) is 0 Å². The molecule has 1 spiro atoms. The number of hydrogen-bond donors (Lipinski definition) is 1. The molecule has 78 valence electrons. The summed E-state index contributed by atoms with van der Waals surface area (Å²) in [7, 11) is 0. The Kier molecular flexibility index (Phi) is 2.11. The average Bonchev–Trinajstić information content (AvgIpc) is 2.15. The Morgan fingerprint density at radius 1 is 1.40 bits per heavy atom. The maximum absolute atomic E-state index is 11.9. The third kappa shape index (κ3) is 1.42. The lowest BCUT2D eigenvalue weighted by Crippen LogP contribution is -2.47. The highest BCUT2D eigenvalue weighted by molar-refractivity contribution is 9.10. The number of anilines is 1. The number of halogens is 1. The van der Waals surface area contributed by atoms with Gasteiger partial charge in [-0.1, -0.05) is 15.9 Å². The lowest BCUT2D eigenvalue weighted by molar-refractivity contribution is -0.120. The zero-order valence-electron chi connectivity index (χ0n) is 8.05. The third-order valence-electron chi connectivity index (χ3n) is 3.07. The predicted octanol–water partition coefficient (Wildman–Crippen LogP) is 3.42. The van der Waals surface area contributed by atoms with Crippen molar-refractivity contribution in [2.45, 2.75) is 28.9 Å². The Labute approximate surface area is 101 Å². The van der Waals surface area contributed by atoms with Gasteiger partial charge in [0.15, 0.2) is 0 Å². The highest BCUT2D eigenvalue weighted by Crippen LogP contribution is 2.53. The number of benzene rings is 1. The number of carbonyl (C=O) groups excluding carboxylic acids is 1. The van der Waals surface area contributed by atoms with E-state index in [1.807, 2.05) is 12.1 Å². The van der Waals surface area contributed by atoms with Crippen molar-refractivity contribution in [1.29, 1.82) is 0 Å². The molecule has 1 saturated carbocycles. The fourth-order valence-corrected chi connectivity index (χ4v) is 3.99. The zero-order valence-corrected chi connectivity index (χ0v) is 10.5. The first kappa shape index (κ1) is 9.73. The molecule has 0 saturated heterocycles. The van der Waals surface area contributed by atoms with E-state index in [9.17, 15) is 4.79 Å². The van der Waals surface area contributed by atoms with Crippen molar-refractivity contribution in [1.82, 2.24) is 0 Å². The summed E-state index contributed by atoms with van der Waals surface area (Å²) < 4.78 is 0.910. The van der Waals surface area contributed by atoms with Crippen LogP contribution >= 0.6 is 27.7 Å². The smallest absolute Gasteiger partial charge is 0.241 e. The molecule has 1 aliphatic carbocycles. The number of nitrogens with one attached hydrogen (secondary N) is 1. The molecule has 2 aliphatic rings. The van der Waals surface area contributed by atoms with Gasteiger partial charge in [0.2, 0.25) is 5.91 Å². The van der Waals surface area contributed by atoms with Crippen LogP contribution in [0.5, 0.6) is 0 Å². The summed E-state index contributed by atoms with van der Waals surface area (Å²) in [6.07, 6.45) is 3.19. The summed E-state index contributed by atoms with van der Waals surface area (Å²) in [5, 5.41) is 3.00. The summed E-state index contributed by atoms with van der Waals surface area (Å²) in [5.74, 6) is 0.188. The van der Waals surface area contributed by atoms with E-state index >= 15 is 0 Å². The van der Waals surface area contributed by atoms with E-state index in [2.05, 4.69) is 27.3 Å². The molecule has 2 nitrogen and oxygen atoms in total. The van der Waals surface area contributed by atoms with Crippen LogP contribution in [0.2, 0.25) is 0 Å². The number of rotatable bonds is 0. The molecule has 3 rings (SSSR count). The van der Waals surface area contributed by atoms with Crippen LogP contribution < -0.4 is 5.32 Å². The molecular weight excluding hydrogens is 274 g/mol. The highest BCUT2D eigenvalue weighted by atomic mass is 79.9. The van der Waals surface area contributed by atoms with Gasteiger partial charge >= 0.3 is 0 Å². The highest BCUT2D eigenvalue weighted by Gasteiger charge is 2.47. The van der Waals surface area contributed by atoms with E-state index in [0.29, 0.717) is 0 Å². The van der Waals surface area contributed by atoms with Gasteiger partial charge in [-0.05, 0) is 37.5 Å². The molecule has 1 aromatic rings. The number of thioether (sulfide) groups is 1. The first-order chi connectivity index (χ1) is 7.20. The van der Waals surface area contributed by atoms with Crippen LogP contribution in [0.1, 0.15) is 19.3 Å². The predicted molar refractivity (Wildman–Crippen MR) is 65.2 cm³/mol. The van der Waals surface area contributed by atoms with Crippen molar-refractivity contribution in [3.63, 3.8) is 0 Å². The summed E-state index contributed by atoms with van der Waals surface area (Å²) in [5.41, 5.74) is 0.950. The van der Waals surface area contributed by atoms with Gasteiger partial charge in [-0.3, -0.25) is 4.79 Å². The Hall–Kier alpha value is -0.480. The molecule has 0 aromatic heterocycles. The number of amides is 1. The number of hydrogen-bond acceptors (Lipinski definition) is 2. The lowest BCUT2D eigenvalue weighted by atomic mass is 9.83. The van der Waals surface area contributed by atoms with Crippen LogP contribution in [0.4, 0.5) is 5.69 Å². The van der Waals surface area contributed by atoms with E-state index in [0.717, 1.165) is 23.0 Å². The molecule has 0 radical (unpaired) electrons. The van der Waals surface area contributed by atoms with Gasteiger partial charge in [-0.25, -0.2) is 0 Å².